The van der Waals surface area contributed by atoms with Gasteiger partial charge in [0, 0.05) is 41.8 Å². The second-order valence-corrected chi connectivity index (χ2v) is 10.2. The van der Waals surface area contributed by atoms with Crippen LogP contribution in [0.3, 0.4) is 0 Å². The van der Waals surface area contributed by atoms with Crippen LogP contribution in [0.15, 0.2) is 72.9 Å². The molecule has 8 nitrogen and oxygen atoms in total. The molecular weight excluding hydrogens is 522 g/mol. The number of pyridine rings is 1. The molecule has 5 rings (SSSR count). The summed E-state index contributed by atoms with van der Waals surface area (Å²) in [4.78, 5) is 19.0. The molecule has 206 valence electrons. The zero-order valence-corrected chi connectivity index (χ0v) is 24.1. The van der Waals surface area contributed by atoms with Gasteiger partial charge >= 0.3 is 0 Å². The SMILES string of the molecule is COCC(=O)Nc1ccc(N2C(=S)N[C@@H](c3ccccn3)[C@@H]2c2cc(C)n(-c3ccc(OC)cc3)c2C)cc1C. The topological polar surface area (TPSA) is 80.7 Å². The molecule has 0 radical (unpaired) electrons. The van der Waals surface area contributed by atoms with Crippen molar-refractivity contribution in [2.45, 2.75) is 32.9 Å². The highest BCUT2D eigenvalue weighted by molar-refractivity contribution is 7.80. The van der Waals surface area contributed by atoms with Gasteiger partial charge in [-0.3, -0.25) is 9.78 Å². The molecule has 2 aromatic heterocycles. The van der Waals surface area contributed by atoms with Crippen LogP contribution >= 0.6 is 12.2 Å². The third-order valence-electron chi connectivity index (χ3n) is 7.26. The molecule has 1 aliphatic rings. The van der Waals surface area contributed by atoms with E-state index in [1.54, 1.807) is 7.11 Å². The fourth-order valence-electron chi connectivity index (χ4n) is 5.42. The molecule has 2 N–H and O–H groups in total. The minimum atomic E-state index is -0.198. The molecule has 1 fully saturated rings. The maximum atomic E-state index is 12.1. The van der Waals surface area contributed by atoms with Crippen molar-refractivity contribution in [2.24, 2.45) is 0 Å². The fraction of sp³-hybridized carbons (Fsp3) is 0.258. The number of carbonyl (C=O) groups excluding carboxylic acids is 1. The lowest BCUT2D eigenvalue weighted by Crippen LogP contribution is -2.29. The minimum Gasteiger partial charge on any atom is -0.497 e. The van der Waals surface area contributed by atoms with Crippen LogP contribution in [-0.4, -0.2) is 41.4 Å². The fourth-order valence-corrected chi connectivity index (χ4v) is 5.77. The molecule has 9 heteroatoms. The van der Waals surface area contributed by atoms with Crippen molar-refractivity contribution >= 4 is 34.6 Å². The third kappa shape index (κ3) is 5.17. The summed E-state index contributed by atoms with van der Waals surface area (Å²) in [5.41, 5.74) is 7.93. The Kier molecular flexibility index (Phi) is 7.86. The summed E-state index contributed by atoms with van der Waals surface area (Å²) in [6, 6.07) is 21.9. The minimum absolute atomic E-state index is 0.00103. The maximum Gasteiger partial charge on any atom is 0.250 e. The lowest BCUT2D eigenvalue weighted by Gasteiger charge is -2.29. The van der Waals surface area contributed by atoms with Crippen molar-refractivity contribution in [1.29, 1.82) is 0 Å². The van der Waals surface area contributed by atoms with E-state index >= 15 is 0 Å². The second-order valence-electron chi connectivity index (χ2n) is 9.84. The lowest BCUT2D eigenvalue weighted by molar-refractivity contribution is -0.119. The third-order valence-corrected chi connectivity index (χ3v) is 7.57. The number of ether oxygens (including phenoxy) is 2. The number of thiocarbonyl (C=S) groups is 1. The highest BCUT2D eigenvalue weighted by atomic mass is 32.1. The number of aryl methyl sites for hydroxylation is 2. The molecule has 2 aromatic carbocycles. The van der Waals surface area contributed by atoms with Gasteiger partial charge < -0.3 is 29.6 Å². The summed E-state index contributed by atoms with van der Waals surface area (Å²) in [6.45, 7) is 6.22. The number of rotatable bonds is 8. The predicted molar refractivity (Wildman–Crippen MR) is 161 cm³/mol. The van der Waals surface area contributed by atoms with Crippen LogP contribution in [0.25, 0.3) is 5.69 Å². The Morgan fingerprint density at radius 1 is 1.02 bits per heavy atom. The van der Waals surface area contributed by atoms with Crippen LogP contribution in [0.5, 0.6) is 5.75 Å². The van der Waals surface area contributed by atoms with Gasteiger partial charge in [-0.2, -0.15) is 0 Å². The van der Waals surface area contributed by atoms with Gasteiger partial charge in [0.25, 0.3) is 0 Å². The van der Waals surface area contributed by atoms with Gasteiger partial charge in [0.05, 0.1) is 24.9 Å². The smallest absolute Gasteiger partial charge is 0.250 e. The number of nitrogens with one attached hydrogen (secondary N) is 2. The van der Waals surface area contributed by atoms with Gasteiger partial charge in [-0.25, -0.2) is 0 Å². The highest BCUT2D eigenvalue weighted by Crippen LogP contribution is 2.44. The molecule has 0 spiro atoms. The molecule has 1 saturated heterocycles. The summed E-state index contributed by atoms with van der Waals surface area (Å²) in [5.74, 6) is 0.617. The Balaban J connectivity index is 1.59. The van der Waals surface area contributed by atoms with Gasteiger partial charge in [-0.05, 0) is 105 Å². The second kappa shape index (κ2) is 11.5. The molecule has 1 aliphatic heterocycles. The first kappa shape index (κ1) is 27.4. The quantitative estimate of drug-likeness (QED) is 0.275. The Labute approximate surface area is 239 Å². The van der Waals surface area contributed by atoms with Crippen LogP contribution in [0, 0.1) is 20.8 Å². The molecule has 3 heterocycles. The van der Waals surface area contributed by atoms with Crippen molar-refractivity contribution in [1.82, 2.24) is 14.9 Å². The van der Waals surface area contributed by atoms with E-state index in [1.807, 2.05) is 61.7 Å². The molecule has 4 aromatic rings. The summed E-state index contributed by atoms with van der Waals surface area (Å²) in [5, 5.41) is 7.07. The van der Waals surface area contributed by atoms with Crippen molar-refractivity contribution in [3.63, 3.8) is 0 Å². The molecule has 2 atom stereocenters. The standard InChI is InChI=1S/C31H33N5O3S/c1-19-16-23(11-14-26(19)33-28(37)18-38-4)36-30(29(34-31(36)40)27-8-6-7-15-32-27)25-17-20(2)35(21(25)3)22-9-12-24(39-5)13-10-22/h6-17,29-30H,18H2,1-5H3,(H,33,37)(H,34,40)/t29-,30-/m0/s1. The Morgan fingerprint density at radius 3 is 2.42 bits per heavy atom. The largest absolute Gasteiger partial charge is 0.497 e. The number of methoxy groups -OCH3 is 2. The maximum absolute atomic E-state index is 12.1. The van der Waals surface area contributed by atoms with Crippen LogP contribution in [0.4, 0.5) is 11.4 Å². The van der Waals surface area contributed by atoms with Gasteiger partial charge in [0.2, 0.25) is 5.91 Å². The normalized spacial score (nSPS) is 16.6. The van der Waals surface area contributed by atoms with Gasteiger partial charge in [0.1, 0.15) is 12.4 Å². The van der Waals surface area contributed by atoms with Crippen LogP contribution < -0.4 is 20.3 Å². The van der Waals surface area contributed by atoms with Gasteiger partial charge in [-0.1, -0.05) is 6.07 Å². The molecule has 0 bridgehead atoms. The van der Waals surface area contributed by atoms with Crippen LogP contribution in [0.2, 0.25) is 0 Å². The van der Waals surface area contributed by atoms with E-state index in [0.29, 0.717) is 5.11 Å². The monoisotopic (exact) mass is 555 g/mol. The Bertz CT molecular complexity index is 1530. The predicted octanol–water partition coefficient (Wildman–Crippen LogP) is 5.57. The number of anilines is 2. The van der Waals surface area contributed by atoms with Crippen molar-refractivity contribution in [2.75, 3.05) is 31.0 Å². The molecular formula is C31H33N5O3S. The summed E-state index contributed by atoms with van der Waals surface area (Å²) in [6.07, 6.45) is 1.81. The van der Waals surface area contributed by atoms with E-state index in [1.165, 1.54) is 7.11 Å². The molecule has 0 aliphatic carbocycles. The first-order valence-corrected chi connectivity index (χ1v) is 13.5. The Hall–Kier alpha value is -4.21. The number of hydrogen-bond acceptors (Lipinski definition) is 5. The Morgan fingerprint density at radius 2 is 1.77 bits per heavy atom. The van der Waals surface area contributed by atoms with Gasteiger partial charge in [-0.15, -0.1) is 0 Å². The number of aromatic nitrogens is 2. The van der Waals surface area contributed by atoms with E-state index in [0.717, 1.165) is 51.0 Å². The van der Waals surface area contributed by atoms with Crippen molar-refractivity contribution in [3.05, 3.63) is 101 Å². The van der Waals surface area contributed by atoms with E-state index in [2.05, 4.69) is 57.1 Å². The van der Waals surface area contributed by atoms with E-state index < -0.39 is 0 Å². The number of amides is 1. The molecule has 40 heavy (non-hydrogen) atoms. The zero-order chi connectivity index (χ0) is 28.4. The number of hydrogen-bond donors (Lipinski definition) is 2. The summed E-state index contributed by atoms with van der Waals surface area (Å²) >= 11 is 5.94. The summed E-state index contributed by atoms with van der Waals surface area (Å²) in [7, 11) is 3.17. The molecule has 0 unspecified atom stereocenters. The van der Waals surface area contributed by atoms with Crippen molar-refractivity contribution < 1.29 is 14.3 Å². The van der Waals surface area contributed by atoms with E-state index in [9.17, 15) is 4.79 Å². The molecule has 0 saturated carbocycles. The number of nitrogens with zero attached hydrogens (tertiary/aromatic N) is 3. The van der Waals surface area contributed by atoms with Gasteiger partial charge in [0.15, 0.2) is 5.11 Å². The van der Waals surface area contributed by atoms with E-state index in [-0.39, 0.29) is 24.6 Å². The van der Waals surface area contributed by atoms with E-state index in [4.69, 9.17) is 21.7 Å². The highest BCUT2D eigenvalue weighted by Gasteiger charge is 2.42. The average molecular weight is 556 g/mol. The number of carbonyl (C=O) groups is 1. The first-order chi connectivity index (χ1) is 19.3. The zero-order valence-electron chi connectivity index (χ0n) is 23.3. The lowest BCUT2D eigenvalue weighted by atomic mass is 9.96. The van der Waals surface area contributed by atoms with Crippen LogP contribution in [0.1, 0.15) is 40.3 Å². The average Bonchev–Trinajstić information content (AvgIpc) is 3.45. The number of benzene rings is 2. The summed E-state index contributed by atoms with van der Waals surface area (Å²) < 4.78 is 12.6. The van der Waals surface area contributed by atoms with Crippen molar-refractivity contribution in [3.8, 4) is 11.4 Å². The molecule has 1 amide bonds. The first-order valence-electron chi connectivity index (χ1n) is 13.1. The van der Waals surface area contributed by atoms with Crippen LogP contribution in [-0.2, 0) is 9.53 Å².